The summed E-state index contributed by atoms with van der Waals surface area (Å²) in [5, 5.41) is 11.8. The highest BCUT2D eigenvalue weighted by Crippen LogP contribution is 2.29. The van der Waals surface area contributed by atoms with E-state index in [4.69, 9.17) is 0 Å². The minimum absolute atomic E-state index is 0.323. The predicted molar refractivity (Wildman–Crippen MR) is 73.8 cm³/mol. The highest BCUT2D eigenvalue weighted by atomic mass is 79.9. The Bertz CT molecular complexity index is 318. The Hall–Kier alpha value is -0.420. The monoisotopic (exact) mass is 302 g/mol. The van der Waals surface area contributed by atoms with E-state index in [2.05, 4.69) is 52.3 Å². The number of hydrogen-bond donors (Lipinski definition) is 1. The molecule has 0 amide bonds. The Morgan fingerprint density at radius 3 is 2.53 bits per heavy atom. The summed E-state index contributed by atoms with van der Waals surface area (Å²) >= 11 is 3.49. The Morgan fingerprint density at radius 1 is 1.35 bits per heavy atom. The second-order valence-corrected chi connectivity index (χ2v) is 5.34. The van der Waals surface area contributed by atoms with Gasteiger partial charge in [0.2, 0.25) is 0 Å². The van der Waals surface area contributed by atoms with Gasteiger partial charge in [-0.15, -0.1) is 5.10 Å². The van der Waals surface area contributed by atoms with Gasteiger partial charge in [-0.1, -0.05) is 32.4 Å². The van der Waals surface area contributed by atoms with E-state index in [0.29, 0.717) is 12.0 Å². The van der Waals surface area contributed by atoms with Crippen LogP contribution in [0.1, 0.15) is 51.8 Å². The molecule has 1 N–H and O–H groups in total. The molecule has 1 aromatic heterocycles. The Morgan fingerprint density at radius 2 is 2.06 bits per heavy atom. The van der Waals surface area contributed by atoms with Crippen molar-refractivity contribution in [2.45, 2.75) is 46.1 Å². The second-order valence-electron chi connectivity index (χ2n) is 4.59. The molecule has 0 saturated heterocycles. The maximum Gasteiger partial charge on any atom is 0.153 e. The van der Waals surface area contributed by atoms with Gasteiger partial charge in [0, 0.05) is 7.05 Å². The molecular weight excluding hydrogens is 280 g/mol. The summed E-state index contributed by atoms with van der Waals surface area (Å²) in [5.74, 6) is 0.583. The second kappa shape index (κ2) is 7.11. The first-order valence-corrected chi connectivity index (χ1v) is 7.19. The Kier molecular flexibility index (Phi) is 6.12. The number of aryl methyl sites for hydroxylation is 1. The molecule has 17 heavy (non-hydrogen) atoms. The third kappa shape index (κ3) is 3.78. The van der Waals surface area contributed by atoms with Crippen molar-refractivity contribution in [3.05, 3.63) is 10.3 Å². The predicted octanol–water partition coefficient (Wildman–Crippen LogP) is 3.05. The van der Waals surface area contributed by atoms with Gasteiger partial charge in [0.05, 0.1) is 11.7 Å². The van der Waals surface area contributed by atoms with E-state index in [-0.39, 0.29) is 0 Å². The lowest BCUT2D eigenvalue weighted by molar-refractivity contribution is 0.346. The highest BCUT2D eigenvalue weighted by Gasteiger charge is 2.24. The molecule has 0 aliphatic carbocycles. The van der Waals surface area contributed by atoms with Gasteiger partial charge in [0.1, 0.15) is 0 Å². The first-order chi connectivity index (χ1) is 8.11. The molecule has 4 nitrogen and oxygen atoms in total. The van der Waals surface area contributed by atoms with Crippen molar-refractivity contribution in [1.29, 1.82) is 0 Å². The molecule has 0 saturated carbocycles. The van der Waals surface area contributed by atoms with Crippen LogP contribution in [0.15, 0.2) is 4.60 Å². The number of halogens is 1. The molecule has 0 aromatic carbocycles. The highest BCUT2D eigenvalue weighted by molar-refractivity contribution is 9.10. The van der Waals surface area contributed by atoms with Gasteiger partial charge in [0.25, 0.3) is 0 Å². The first kappa shape index (κ1) is 14.6. The average molecular weight is 303 g/mol. The molecule has 98 valence electrons. The van der Waals surface area contributed by atoms with E-state index >= 15 is 0 Å². The fourth-order valence-electron chi connectivity index (χ4n) is 2.16. The molecule has 0 radical (unpaired) electrons. The Labute approximate surface area is 112 Å². The topological polar surface area (TPSA) is 42.7 Å². The average Bonchev–Trinajstić information content (AvgIpc) is 2.61. The van der Waals surface area contributed by atoms with Gasteiger partial charge >= 0.3 is 0 Å². The molecule has 0 spiro atoms. The quantitative estimate of drug-likeness (QED) is 0.842. The molecule has 2 atom stereocenters. The van der Waals surface area contributed by atoms with Crippen LogP contribution in [-0.4, -0.2) is 21.5 Å². The van der Waals surface area contributed by atoms with Crippen molar-refractivity contribution in [3.8, 4) is 0 Å². The zero-order chi connectivity index (χ0) is 12.8. The molecular formula is C12H23BrN4. The van der Waals surface area contributed by atoms with E-state index in [1.165, 1.54) is 12.8 Å². The number of rotatable bonds is 7. The summed E-state index contributed by atoms with van der Waals surface area (Å²) in [6, 6.07) is 0.323. The SMILES string of the molecule is CCCNC(c1c(Br)nnn1C)C(C)CCC. The maximum absolute atomic E-state index is 4.08. The zero-order valence-electron chi connectivity index (χ0n) is 11.2. The molecule has 0 fully saturated rings. The lowest BCUT2D eigenvalue weighted by Crippen LogP contribution is -2.29. The molecule has 2 unspecified atom stereocenters. The minimum atomic E-state index is 0.323. The van der Waals surface area contributed by atoms with Crippen molar-refractivity contribution in [2.24, 2.45) is 13.0 Å². The van der Waals surface area contributed by atoms with E-state index in [1.807, 2.05) is 11.7 Å². The van der Waals surface area contributed by atoms with Crippen LogP contribution < -0.4 is 5.32 Å². The maximum atomic E-state index is 4.08. The standard InChI is InChI=1S/C12H23BrN4/c1-5-7-9(3)10(14-8-6-2)11-12(13)15-16-17(11)4/h9-10,14H,5-8H2,1-4H3. The third-order valence-electron chi connectivity index (χ3n) is 3.05. The summed E-state index contributed by atoms with van der Waals surface area (Å²) in [5.41, 5.74) is 1.15. The van der Waals surface area contributed by atoms with Crippen molar-refractivity contribution < 1.29 is 0 Å². The van der Waals surface area contributed by atoms with Crippen LogP contribution in [-0.2, 0) is 7.05 Å². The molecule has 1 heterocycles. The zero-order valence-corrected chi connectivity index (χ0v) is 12.8. The minimum Gasteiger partial charge on any atom is -0.308 e. The van der Waals surface area contributed by atoms with Crippen LogP contribution in [0.4, 0.5) is 0 Å². The largest absolute Gasteiger partial charge is 0.308 e. The molecule has 5 heteroatoms. The van der Waals surface area contributed by atoms with Crippen molar-refractivity contribution >= 4 is 15.9 Å². The van der Waals surface area contributed by atoms with Gasteiger partial charge in [-0.3, -0.25) is 0 Å². The van der Waals surface area contributed by atoms with E-state index in [1.54, 1.807) is 0 Å². The fourth-order valence-corrected chi connectivity index (χ4v) is 2.73. The van der Waals surface area contributed by atoms with E-state index < -0.39 is 0 Å². The smallest absolute Gasteiger partial charge is 0.153 e. The fraction of sp³-hybridized carbons (Fsp3) is 0.833. The van der Waals surface area contributed by atoms with Crippen LogP contribution in [0.2, 0.25) is 0 Å². The van der Waals surface area contributed by atoms with Gasteiger partial charge < -0.3 is 5.32 Å². The normalized spacial score (nSPS) is 14.9. The Balaban J connectivity index is 2.89. The third-order valence-corrected chi connectivity index (χ3v) is 3.61. The number of aromatic nitrogens is 3. The number of hydrogen-bond acceptors (Lipinski definition) is 3. The summed E-state index contributed by atoms with van der Waals surface area (Å²) in [6.45, 7) is 7.72. The summed E-state index contributed by atoms with van der Waals surface area (Å²) in [7, 11) is 1.95. The van der Waals surface area contributed by atoms with Crippen LogP contribution in [0.3, 0.4) is 0 Å². The molecule has 0 bridgehead atoms. The van der Waals surface area contributed by atoms with Gasteiger partial charge in [-0.25, -0.2) is 4.68 Å². The van der Waals surface area contributed by atoms with E-state index in [0.717, 1.165) is 23.3 Å². The van der Waals surface area contributed by atoms with Crippen molar-refractivity contribution in [3.63, 3.8) is 0 Å². The van der Waals surface area contributed by atoms with E-state index in [9.17, 15) is 0 Å². The van der Waals surface area contributed by atoms with Crippen LogP contribution >= 0.6 is 15.9 Å². The summed E-state index contributed by atoms with van der Waals surface area (Å²) < 4.78 is 2.72. The number of nitrogens with one attached hydrogen (secondary N) is 1. The van der Waals surface area contributed by atoms with Gasteiger partial charge in [-0.05, 0) is 41.2 Å². The molecule has 0 aliphatic heterocycles. The van der Waals surface area contributed by atoms with Crippen molar-refractivity contribution in [1.82, 2.24) is 20.3 Å². The number of nitrogens with zero attached hydrogens (tertiary/aromatic N) is 3. The van der Waals surface area contributed by atoms with Crippen LogP contribution in [0.25, 0.3) is 0 Å². The molecule has 1 aromatic rings. The summed E-state index contributed by atoms with van der Waals surface area (Å²) in [4.78, 5) is 0. The van der Waals surface area contributed by atoms with Crippen LogP contribution in [0.5, 0.6) is 0 Å². The van der Waals surface area contributed by atoms with Crippen LogP contribution in [0, 0.1) is 5.92 Å². The van der Waals surface area contributed by atoms with Crippen molar-refractivity contribution in [2.75, 3.05) is 6.54 Å². The van der Waals surface area contributed by atoms with Gasteiger partial charge in [0.15, 0.2) is 4.60 Å². The molecule has 1 rings (SSSR count). The summed E-state index contributed by atoms with van der Waals surface area (Å²) in [6.07, 6.45) is 3.55. The molecule has 0 aliphatic rings. The van der Waals surface area contributed by atoms with Gasteiger partial charge in [-0.2, -0.15) is 0 Å². The first-order valence-electron chi connectivity index (χ1n) is 6.40. The lowest BCUT2D eigenvalue weighted by Gasteiger charge is -2.25. The lowest BCUT2D eigenvalue weighted by atomic mass is 9.94.